The molecule has 0 unspecified atom stereocenters. The lowest BCUT2D eigenvalue weighted by molar-refractivity contribution is -0.121. The molecule has 1 amide bonds. The van der Waals surface area contributed by atoms with Crippen molar-refractivity contribution in [1.82, 2.24) is 24.6 Å². The van der Waals surface area contributed by atoms with Crippen LogP contribution in [0.5, 0.6) is 0 Å². The highest BCUT2D eigenvalue weighted by molar-refractivity contribution is 5.75. The molecule has 0 fully saturated rings. The zero-order chi connectivity index (χ0) is 15.2. The number of hydrogen-bond donors (Lipinski definition) is 1. The third kappa shape index (κ3) is 3.85. The molecule has 110 valence electrons. The van der Waals surface area contributed by atoms with Gasteiger partial charge in [-0.1, -0.05) is 0 Å². The highest BCUT2D eigenvalue weighted by Gasteiger charge is 2.05. The van der Waals surface area contributed by atoms with E-state index in [9.17, 15) is 14.4 Å². The Morgan fingerprint density at radius 1 is 1.38 bits per heavy atom. The molecule has 0 radical (unpaired) electrons. The van der Waals surface area contributed by atoms with E-state index in [1.807, 2.05) is 0 Å². The molecular formula is C13H15N5O3. The summed E-state index contributed by atoms with van der Waals surface area (Å²) in [6, 6.07) is 2.84. The number of carbonyl (C=O) groups is 1. The number of rotatable bonds is 5. The Morgan fingerprint density at radius 2 is 2.19 bits per heavy atom. The van der Waals surface area contributed by atoms with Crippen LogP contribution in [-0.2, 0) is 17.9 Å². The molecule has 2 aromatic heterocycles. The molecule has 0 saturated carbocycles. The van der Waals surface area contributed by atoms with Crippen LogP contribution in [0.3, 0.4) is 0 Å². The first kappa shape index (κ1) is 14.6. The number of aromatic nitrogens is 4. The van der Waals surface area contributed by atoms with Crippen LogP contribution in [0.4, 0.5) is 0 Å². The zero-order valence-electron chi connectivity index (χ0n) is 11.5. The molecule has 0 atom stereocenters. The molecule has 0 spiro atoms. The van der Waals surface area contributed by atoms with Crippen molar-refractivity contribution in [3.05, 3.63) is 57.1 Å². The summed E-state index contributed by atoms with van der Waals surface area (Å²) < 4.78 is 2.48. The average molecular weight is 289 g/mol. The quantitative estimate of drug-likeness (QED) is 0.755. The van der Waals surface area contributed by atoms with E-state index in [1.165, 1.54) is 35.4 Å². The van der Waals surface area contributed by atoms with Gasteiger partial charge in [-0.05, 0) is 13.0 Å². The topological polar surface area (TPSA) is 98.9 Å². The summed E-state index contributed by atoms with van der Waals surface area (Å²) in [5, 5.41) is 6.42. The highest BCUT2D eigenvalue weighted by atomic mass is 16.2. The molecule has 0 saturated heterocycles. The summed E-state index contributed by atoms with van der Waals surface area (Å²) in [6.45, 7) is 2.11. The van der Waals surface area contributed by atoms with Crippen molar-refractivity contribution in [3.63, 3.8) is 0 Å². The minimum absolute atomic E-state index is 0.139. The predicted octanol–water partition coefficient (Wildman–Crippen LogP) is -1.08. The molecule has 0 aliphatic carbocycles. The van der Waals surface area contributed by atoms with Crippen LogP contribution < -0.4 is 16.4 Å². The van der Waals surface area contributed by atoms with Gasteiger partial charge in [0.1, 0.15) is 6.54 Å². The Kier molecular flexibility index (Phi) is 4.60. The molecule has 21 heavy (non-hydrogen) atoms. The van der Waals surface area contributed by atoms with Gasteiger partial charge in [0.2, 0.25) is 5.91 Å². The maximum Gasteiger partial charge on any atom is 0.267 e. The van der Waals surface area contributed by atoms with Crippen molar-refractivity contribution in [2.75, 3.05) is 6.54 Å². The number of amides is 1. The summed E-state index contributed by atoms with van der Waals surface area (Å²) in [6.07, 6.45) is 4.35. The van der Waals surface area contributed by atoms with E-state index in [2.05, 4.69) is 15.4 Å². The molecule has 0 aliphatic rings. The second kappa shape index (κ2) is 6.60. The van der Waals surface area contributed by atoms with Gasteiger partial charge in [-0.25, -0.2) is 9.67 Å². The number of nitrogens with zero attached hydrogens (tertiary/aromatic N) is 4. The molecule has 2 rings (SSSR count). The van der Waals surface area contributed by atoms with Crippen molar-refractivity contribution in [1.29, 1.82) is 0 Å². The van der Waals surface area contributed by atoms with Crippen molar-refractivity contribution in [2.45, 2.75) is 20.0 Å². The Morgan fingerprint density at radius 3 is 2.95 bits per heavy atom. The summed E-state index contributed by atoms with van der Waals surface area (Å²) >= 11 is 0. The van der Waals surface area contributed by atoms with Crippen LogP contribution in [0.25, 0.3) is 0 Å². The lowest BCUT2D eigenvalue weighted by Crippen LogP contribution is -2.36. The van der Waals surface area contributed by atoms with Crippen LogP contribution in [0.15, 0.2) is 40.4 Å². The fraction of sp³-hybridized carbons (Fsp3) is 0.308. The molecule has 0 aliphatic heterocycles. The van der Waals surface area contributed by atoms with Gasteiger partial charge in [-0.2, -0.15) is 5.10 Å². The number of carbonyl (C=O) groups excluding carboxylic acids is 1. The minimum Gasteiger partial charge on any atom is -0.353 e. The summed E-state index contributed by atoms with van der Waals surface area (Å²) in [5.41, 5.74) is 0.0656. The normalized spacial score (nSPS) is 10.3. The molecule has 8 heteroatoms. The van der Waals surface area contributed by atoms with Crippen LogP contribution in [0.2, 0.25) is 0 Å². The lowest BCUT2D eigenvalue weighted by atomic mass is 10.4. The van der Waals surface area contributed by atoms with E-state index >= 15 is 0 Å². The van der Waals surface area contributed by atoms with E-state index in [1.54, 1.807) is 6.92 Å². The fourth-order valence-corrected chi connectivity index (χ4v) is 1.73. The predicted molar refractivity (Wildman–Crippen MR) is 74.7 cm³/mol. The van der Waals surface area contributed by atoms with Crippen LogP contribution >= 0.6 is 0 Å². The van der Waals surface area contributed by atoms with Crippen molar-refractivity contribution in [3.8, 4) is 0 Å². The zero-order valence-corrected chi connectivity index (χ0v) is 11.5. The average Bonchev–Trinajstić information content (AvgIpc) is 2.46. The van der Waals surface area contributed by atoms with Gasteiger partial charge in [0.25, 0.3) is 11.1 Å². The Hall–Kier alpha value is -2.77. The number of aryl methyl sites for hydroxylation is 1. The SMILES string of the molecule is Cc1cncn(CCNC(=O)Cn2ncccc2=O)c1=O. The smallest absolute Gasteiger partial charge is 0.267 e. The molecule has 0 bridgehead atoms. The van der Waals surface area contributed by atoms with E-state index < -0.39 is 0 Å². The van der Waals surface area contributed by atoms with Crippen LogP contribution in [0.1, 0.15) is 5.56 Å². The van der Waals surface area contributed by atoms with Crippen LogP contribution in [0, 0.1) is 6.92 Å². The Bertz CT molecular complexity index is 750. The molecule has 2 aromatic rings. The summed E-state index contributed by atoms with van der Waals surface area (Å²) in [5.74, 6) is -0.343. The molecule has 0 aromatic carbocycles. The molecule has 8 nitrogen and oxygen atoms in total. The molecule has 2 heterocycles. The van der Waals surface area contributed by atoms with E-state index in [-0.39, 0.29) is 30.1 Å². The van der Waals surface area contributed by atoms with Gasteiger partial charge in [-0.15, -0.1) is 0 Å². The van der Waals surface area contributed by atoms with Crippen molar-refractivity contribution >= 4 is 5.91 Å². The molecule has 1 N–H and O–H groups in total. The largest absolute Gasteiger partial charge is 0.353 e. The molecular weight excluding hydrogens is 274 g/mol. The van der Waals surface area contributed by atoms with Gasteiger partial charge in [-0.3, -0.25) is 19.0 Å². The minimum atomic E-state index is -0.343. The van der Waals surface area contributed by atoms with E-state index in [0.717, 1.165) is 4.68 Å². The highest BCUT2D eigenvalue weighted by Crippen LogP contribution is 1.85. The van der Waals surface area contributed by atoms with Gasteiger partial charge >= 0.3 is 0 Å². The maximum atomic E-state index is 11.7. The van der Waals surface area contributed by atoms with Gasteiger partial charge in [0, 0.05) is 37.1 Å². The third-order valence-corrected chi connectivity index (χ3v) is 2.83. The number of nitrogens with one attached hydrogen (secondary N) is 1. The Labute approximate surface area is 120 Å². The monoisotopic (exact) mass is 289 g/mol. The summed E-state index contributed by atoms with van der Waals surface area (Å²) in [7, 11) is 0. The number of hydrogen-bond acceptors (Lipinski definition) is 5. The van der Waals surface area contributed by atoms with Gasteiger partial charge in [0.05, 0.1) is 6.33 Å². The Balaban J connectivity index is 1.88. The first-order chi connectivity index (χ1) is 10.1. The lowest BCUT2D eigenvalue weighted by Gasteiger charge is -2.08. The third-order valence-electron chi connectivity index (χ3n) is 2.83. The van der Waals surface area contributed by atoms with Gasteiger partial charge < -0.3 is 5.32 Å². The standard InChI is InChI=1S/C13H15N5O3/c1-10-7-14-9-17(13(10)21)6-5-15-11(19)8-18-12(20)3-2-4-16-18/h2-4,7,9H,5-6,8H2,1H3,(H,15,19). The second-order valence-electron chi connectivity index (χ2n) is 4.44. The fourth-order valence-electron chi connectivity index (χ4n) is 1.73. The van der Waals surface area contributed by atoms with E-state index in [4.69, 9.17) is 0 Å². The van der Waals surface area contributed by atoms with Crippen molar-refractivity contribution in [2.24, 2.45) is 0 Å². The van der Waals surface area contributed by atoms with Crippen LogP contribution in [-0.4, -0.2) is 31.8 Å². The first-order valence-corrected chi connectivity index (χ1v) is 6.38. The van der Waals surface area contributed by atoms with E-state index in [0.29, 0.717) is 12.1 Å². The van der Waals surface area contributed by atoms with Crippen molar-refractivity contribution < 1.29 is 4.79 Å². The maximum absolute atomic E-state index is 11.7. The summed E-state index contributed by atoms with van der Waals surface area (Å²) in [4.78, 5) is 38.7. The first-order valence-electron chi connectivity index (χ1n) is 6.38. The second-order valence-corrected chi connectivity index (χ2v) is 4.44. The van der Waals surface area contributed by atoms with Gasteiger partial charge in [0.15, 0.2) is 0 Å².